The Bertz CT molecular complexity index is 495. The van der Waals surface area contributed by atoms with Crippen LogP contribution >= 0.6 is 0 Å². The number of rotatable bonds is 3. The SMILES string of the molecule is CC(=O)OC12CC3CC(CC(C3)C1(OC(C)=O)OC(C)=O)C2. The fourth-order valence-electron chi connectivity index (χ4n) is 5.11. The van der Waals surface area contributed by atoms with Crippen molar-refractivity contribution in [2.45, 2.75) is 64.3 Å². The van der Waals surface area contributed by atoms with Crippen LogP contribution in [0.25, 0.3) is 0 Å². The number of hydrogen-bond donors (Lipinski definition) is 0. The van der Waals surface area contributed by atoms with Crippen molar-refractivity contribution in [3.8, 4) is 0 Å². The molecule has 6 heteroatoms. The second-order valence-corrected chi connectivity index (χ2v) is 6.99. The second-order valence-electron chi connectivity index (χ2n) is 6.99. The van der Waals surface area contributed by atoms with Gasteiger partial charge in [-0.1, -0.05) is 0 Å². The first-order valence-electron chi connectivity index (χ1n) is 7.85. The Hall–Kier alpha value is -1.59. The van der Waals surface area contributed by atoms with Crippen molar-refractivity contribution in [2.24, 2.45) is 17.8 Å². The lowest BCUT2D eigenvalue weighted by atomic mass is 9.51. The zero-order valence-corrected chi connectivity index (χ0v) is 13.2. The van der Waals surface area contributed by atoms with Crippen molar-refractivity contribution in [3.63, 3.8) is 0 Å². The van der Waals surface area contributed by atoms with E-state index in [1.165, 1.54) is 20.8 Å². The number of hydrogen-bond acceptors (Lipinski definition) is 6. The summed E-state index contributed by atoms with van der Waals surface area (Å²) in [5.74, 6) is -2.21. The predicted octanol–water partition coefficient (Wildman–Crippen LogP) is 1.95. The van der Waals surface area contributed by atoms with Crippen molar-refractivity contribution in [1.82, 2.24) is 0 Å². The quantitative estimate of drug-likeness (QED) is 0.585. The Morgan fingerprint density at radius 2 is 1.23 bits per heavy atom. The average molecular weight is 310 g/mol. The van der Waals surface area contributed by atoms with Crippen LogP contribution in [0.4, 0.5) is 0 Å². The lowest BCUT2D eigenvalue weighted by molar-refractivity contribution is -0.363. The summed E-state index contributed by atoms with van der Waals surface area (Å²) in [4.78, 5) is 35.1. The van der Waals surface area contributed by atoms with Crippen molar-refractivity contribution in [3.05, 3.63) is 0 Å². The first-order valence-corrected chi connectivity index (χ1v) is 7.85. The van der Waals surface area contributed by atoms with Gasteiger partial charge in [0.05, 0.1) is 0 Å². The number of esters is 3. The zero-order chi connectivity index (χ0) is 16.1. The van der Waals surface area contributed by atoms with E-state index < -0.39 is 29.3 Å². The third-order valence-electron chi connectivity index (χ3n) is 5.24. The van der Waals surface area contributed by atoms with E-state index in [1.54, 1.807) is 0 Å². The number of carbonyl (C=O) groups is 3. The third kappa shape index (κ3) is 2.20. The highest BCUT2D eigenvalue weighted by atomic mass is 16.8. The van der Waals surface area contributed by atoms with E-state index in [0.717, 1.165) is 19.3 Å². The van der Waals surface area contributed by atoms with Crippen LogP contribution in [0.3, 0.4) is 0 Å². The molecule has 0 aliphatic heterocycles. The molecule has 4 fully saturated rings. The van der Waals surface area contributed by atoms with Gasteiger partial charge >= 0.3 is 17.9 Å². The summed E-state index contributed by atoms with van der Waals surface area (Å²) in [5, 5.41) is 0. The first kappa shape index (κ1) is 15.3. The fraction of sp³-hybridized carbons (Fsp3) is 0.812. The van der Waals surface area contributed by atoms with Crippen LogP contribution < -0.4 is 0 Å². The van der Waals surface area contributed by atoms with Gasteiger partial charge in [-0.05, 0) is 43.9 Å². The molecule has 4 rings (SSSR count). The zero-order valence-electron chi connectivity index (χ0n) is 13.2. The maximum Gasteiger partial charge on any atom is 0.306 e. The summed E-state index contributed by atoms with van der Waals surface area (Å²) in [7, 11) is 0. The molecule has 4 aliphatic rings. The third-order valence-corrected chi connectivity index (χ3v) is 5.24. The molecule has 22 heavy (non-hydrogen) atoms. The van der Waals surface area contributed by atoms with Crippen molar-refractivity contribution >= 4 is 17.9 Å². The molecule has 6 nitrogen and oxygen atoms in total. The molecule has 0 aromatic carbocycles. The topological polar surface area (TPSA) is 78.9 Å². The number of ether oxygens (including phenoxy) is 3. The van der Waals surface area contributed by atoms with Crippen molar-refractivity contribution < 1.29 is 28.6 Å². The van der Waals surface area contributed by atoms with E-state index in [9.17, 15) is 14.4 Å². The monoisotopic (exact) mass is 310 g/mol. The van der Waals surface area contributed by atoms with Crippen molar-refractivity contribution in [2.75, 3.05) is 0 Å². The van der Waals surface area contributed by atoms with Gasteiger partial charge in [-0.15, -0.1) is 0 Å². The summed E-state index contributed by atoms with van der Waals surface area (Å²) >= 11 is 0. The summed E-state index contributed by atoms with van der Waals surface area (Å²) in [6, 6.07) is 0. The van der Waals surface area contributed by atoms with Crippen LogP contribution in [0, 0.1) is 17.8 Å². The van der Waals surface area contributed by atoms with E-state index in [4.69, 9.17) is 14.2 Å². The van der Waals surface area contributed by atoms with E-state index >= 15 is 0 Å². The molecule has 0 N–H and O–H groups in total. The molecule has 0 heterocycles. The molecule has 4 aliphatic carbocycles. The molecule has 0 amide bonds. The molecule has 2 unspecified atom stereocenters. The van der Waals surface area contributed by atoms with Crippen LogP contribution in [0.5, 0.6) is 0 Å². The van der Waals surface area contributed by atoms with Crippen molar-refractivity contribution in [1.29, 1.82) is 0 Å². The van der Waals surface area contributed by atoms with Gasteiger partial charge in [0.1, 0.15) is 0 Å². The van der Waals surface area contributed by atoms with Gasteiger partial charge in [-0.3, -0.25) is 14.4 Å². The van der Waals surface area contributed by atoms with Gasteiger partial charge in [0.15, 0.2) is 5.60 Å². The Morgan fingerprint density at radius 1 is 0.773 bits per heavy atom. The van der Waals surface area contributed by atoms with Gasteiger partial charge in [0.2, 0.25) is 0 Å². The van der Waals surface area contributed by atoms with E-state index in [-0.39, 0.29) is 5.92 Å². The van der Waals surface area contributed by atoms with Crippen LogP contribution in [0.1, 0.15) is 52.9 Å². The van der Waals surface area contributed by atoms with E-state index in [1.807, 2.05) is 0 Å². The molecular formula is C16H22O6. The lowest BCUT2D eigenvalue weighted by Gasteiger charge is -2.63. The highest BCUT2D eigenvalue weighted by molar-refractivity contribution is 5.70. The molecule has 0 saturated heterocycles. The standard InChI is InChI=1S/C16H22O6/c1-9(17)20-15-7-12-4-13(8-15)6-14(5-12)16(15,21-10(2)18)22-11(3)19/h12-14H,4-8H2,1-3H3. The predicted molar refractivity (Wildman–Crippen MR) is 74.3 cm³/mol. The van der Waals surface area contributed by atoms with Crippen LogP contribution in [-0.2, 0) is 28.6 Å². The fourth-order valence-corrected chi connectivity index (χ4v) is 5.11. The molecule has 0 radical (unpaired) electrons. The molecular weight excluding hydrogens is 288 g/mol. The Morgan fingerprint density at radius 3 is 1.64 bits per heavy atom. The first-order chi connectivity index (χ1) is 10.3. The average Bonchev–Trinajstić information content (AvgIpc) is 2.32. The number of carbonyl (C=O) groups excluding carboxylic acids is 3. The Balaban J connectivity index is 2.08. The minimum Gasteiger partial charge on any atom is -0.451 e. The van der Waals surface area contributed by atoms with Gasteiger partial charge in [-0.25, -0.2) is 0 Å². The molecule has 0 aromatic heterocycles. The summed E-state index contributed by atoms with van der Waals surface area (Å²) in [5.41, 5.74) is -1.04. The summed E-state index contributed by atoms with van der Waals surface area (Å²) in [6.45, 7) is 3.92. The summed E-state index contributed by atoms with van der Waals surface area (Å²) in [6.07, 6.45) is 3.94. The van der Waals surface area contributed by atoms with Crippen LogP contribution in [0.2, 0.25) is 0 Å². The maximum absolute atomic E-state index is 11.7. The largest absolute Gasteiger partial charge is 0.451 e. The Labute approximate surface area is 129 Å². The van der Waals surface area contributed by atoms with E-state index in [2.05, 4.69) is 0 Å². The maximum atomic E-state index is 11.7. The highest BCUT2D eigenvalue weighted by Crippen LogP contribution is 2.63. The summed E-state index contributed by atoms with van der Waals surface area (Å²) < 4.78 is 16.8. The normalized spacial score (nSPS) is 37.5. The molecule has 4 saturated carbocycles. The minimum absolute atomic E-state index is 0.106. The lowest BCUT2D eigenvalue weighted by Crippen LogP contribution is -2.73. The van der Waals surface area contributed by atoms with Gasteiger partial charge in [0.25, 0.3) is 5.79 Å². The molecule has 4 bridgehead atoms. The van der Waals surface area contributed by atoms with Gasteiger partial charge in [0, 0.05) is 26.7 Å². The molecule has 0 spiro atoms. The van der Waals surface area contributed by atoms with E-state index in [0.29, 0.717) is 24.7 Å². The Kier molecular flexibility index (Phi) is 3.45. The molecule has 0 aromatic rings. The smallest absolute Gasteiger partial charge is 0.306 e. The van der Waals surface area contributed by atoms with Crippen LogP contribution in [0.15, 0.2) is 0 Å². The van der Waals surface area contributed by atoms with Gasteiger partial charge in [-0.2, -0.15) is 0 Å². The van der Waals surface area contributed by atoms with Crippen LogP contribution in [-0.4, -0.2) is 29.3 Å². The highest BCUT2D eigenvalue weighted by Gasteiger charge is 2.72. The second kappa shape index (κ2) is 4.96. The molecule has 122 valence electrons. The minimum atomic E-state index is -1.47. The van der Waals surface area contributed by atoms with Gasteiger partial charge < -0.3 is 14.2 Å². The molecule has 2 atom stereocenters.